The summed E-state index contributed by atoms with van der Waals surface area (Å²) >= 11 is 0. The lowest BCUT2D eigenvalue weighted by Crippen LogP contribution is -2.46. The van der Waals surface area contributed by atoms with Gasteiger partial charge in [-0.15, -0.1) is 0 Å². The second-order valence-corrected chi connectivity index (χ2v) is 6.33. The van der Waals surface area contributed by atoms with Crippen LogP contribution in [0.15, 0.2) is 30.3 Å². The van der Waals surface area contributed by atoms with Crippen molar-refractivity contribution in [3.8, 4) is 0 Å². The average Bonchev–Trinajstić information content (AvgIpc) is 3.22. The van der Waals surface area contributed by atoms with Crippen LogP contribution >= 0.6 is 0 Å². The molecule has 1 aliphatic carbocycles. The number of nitrogens with zero attached hydrogens (tertiary/aromatic N) is 1. The Labute approximate surface area is 117 Å². The SMILES string of the molecule is CC(C)C(C(O)c1ccccc1)N(C)C(C)C1CC1. The van der Waals surface area contributed by atoms with Crippen molar-refractivity contribution in [2.45, 2.75) is 51.8 Å². The van der Waals surface area contributed by atoms with Crippen LogP contribution in [0, 0.1) is 11.8 Å². The minimum Gasteiger partial charge on any atom is -0.387 e. The van der Waals surface area contributed by atoms with Gasteiger partial charge >= 0.3 is 0 Å². The number of hydrogen-bond donors (Lipinski definition) is 1. The third-order valence-electron chi connectivity index (χ3n) is 4.56. The number of rotatable bonds is 6. The molecule has 1 aromatic carbocycles. The van der Waals surface area contributed by atoms with Gasteiger partial charge in [0.05, 0.1) is 6.10 Å². The van der Waals surface area contributed by atoms with Gasteiger partial charge < -0.3 is 5.11 Å². The Morgan fingerprint density at radius 3 is 2.16 bits per heavy atom. The molecule has 0 bridgehead atoms. The summed E-state index contributed by atoms with van der Waals surface area (Å²) in [6.45, 7) is 6.70. The molecule has 1 aliphatic rings. The summed E-state index contributed by atoms with van der Waals surface area (Å²) in [7, 11) is 2.17. The molecule has 3 atom stereocenters. The summed E-state index contributed by atoms with van der Waals surface area (Å²) in [4.78, 5) is 2.39. The lowest BCUT2D eigenvalue weighted by Gasteiger charge is -2.39. The summed E-state index contributed by atoms with van der Waals surface area (Å²) in [5.41, 5.74) is 1.02. The summed E-state index contributed by atoms with van der Waals surface area (Å²) < 4.78 is 0. The van der Waals surface area contributed by atoms with E-state index >= 15 is 0 Å². The van der Waals surface area contributed by atoms with Gasteiger partial charge in [-0.2, -0.15) is 0 Å². The number of benzene rings is 1. The van der Waals surface area contributed by atoms with Gasteiger partial charge in [-0.1, -0.05) is 44.2 Å². The molecule has 0 aromatic heterocycles. The van der Waals surface area contributed by atoms with E-state index in [0.717, 1.165) is 11.5 Å². The van der Waals surface area contributed by atoms with Gasteiger partial charge in [-0.3, -0.25) is 4.90 Å². The first-order chi connectivity index (χ1) is 9.02. The topological polar surface area (TPSA) is 23.5 Å². The van der Waals surface area contributed by atoms with Gasteiger partial charge in [0, 0.05) is 12.1 Å². The highest BCUT2D eigenvalue weighted by Crippen LogP contribution is 2.37. The summed E-state index contributed by atoms with van der Waals surface area (Å²) in [5, 5.41) is 10.7. The van der Waals surface area contributed by atoms with Crippen molar-refractivity contribution in [2.24, 2.45) is 11.8 Å². The number of hydrogen-bond acceptors (Lipinski definition) is 2. The molecule has 0 amide bonds. The van der Waals surface area contributed by atoms with Crippen LogP contribution < -0.4 is 0 Å². The molecule has 1 aromatic rings. The second-order valence-electron chi connectivity index (χ2n) is 6.33. The van der Waals surface area contributed by atoms with Gasteiger partial charge in [-0.25, -0.2) is 0 Å². The van der Waals surface area contributed by atoms with E-state index in [1.54, 1.807) is 0 Å². The van der Waals surface area contributed by atoms with E-state index in [9.17, 15) is 5.11 Å². The van der Waals surface area contributed by atoms with Crippen molar-refractivity contribution >= 4 is 0 Å². The molecule has 2 nitrogen and oxygen atoms in total. The van der Waals surface area contributed by atoms with Crippen molar-refractivity contribution in [3.05, 3.63) is 35.9 Å². The van der Waals surface area contributed by atoms with Crippen molar-refractivity contribution in [1.82, 2.24) is 4.90 Å². The molecule has 0 heterocycles. The Hall–Kier alpha value is -0.860. The maximum Gasteiger partial charge on any atom is 0.0947 e. The van der Waals surface area contributed by atoms with Crippen LogP contribution in [-0.4, -0.2) is 29.1 Å². The van der Waals surface area contributed by atoms with E-state index in [4.69, 9.17) is 0 Å². The number of likely N-dealkylation sites (N-methyl/N-ethyl adjacent to an activating group) is 1. The van der Waals surface area contributed by atoms with E-state index in [-0.39, 0.29) is 6.04 Å². The molecule has 3 unspecified atom stereocenters. The zero-order chi connectivity index (χ0) is 14.0. The molecule has 0 saturated heterocycles. The first-order valence-electron chi connectivity index (χ1n) is 7.47. The monoisotopic (exact) mass is 261 g/mol. The molecule has 0 aliphatic heterocycles. The molecule has 1 saturated carbocycles. The highest BCUT2D eigenvalue weighted by atomic mass is 16.3. The number of aliphatic hydroxyl groups is 1. The van der Waals surface area contributed by atoms with Crippen LogP contribution in [0.25, 0.3) is 0 Å². The fourth-order valence-corrected chi connectivity index (χ4v) is 3.09. The first kappa shape index (κ1) is 14.5. The second kappa shape index (κ2) is 6.06. The lowest BCUT2D eigenvalue weighted by molar-refractivity contribution is 0.0133. The fourth-order valence-electron chi connectivity index (χ4n) is 3.09. The maximum absolute atomic E-state index is 10.7. The molecule has 0 spiro atoms. The van der Waals surface area contributed by atoms with E-state index in [1.165, 1.54) is 12.8 Å². The Bertz CT molecular complexity index is 386. The molecule has 106 valence electrons. The van der Waals surface area contributed by atoms with Crippen LogP contribution in [0.1, 0.15) is 45.3 Å². The predicted molar refractivity (Wildman–Crippen MR) is 80.0 cm³/mol. The van der Waals surface area contributed by atoms with E-state index < -0.39 is 6.10 Å². The van der Waals surface area contributed by atoms with Gasteiger partial charge in [-0.05, 0) is 44.2 Å². The van der Waals surface area contributed by atoms with E-state index in [0.29, 0.717) is 12.0 Å². The molecule has 0 radical (unpaired) electrons. The Morgan fingerprint density at radius 1 is 1.11 bits per heavy atom. The number of aliphatic hydroxyl groups excluding tert-OH is 1. The highest BCUT2D eigenvalue weighted by Gasteiger charge is 2.36. The van der Waals surface area contributed by atoms with Gasteiger partial charge in [0.15, 0.2) is 0 Å². The van der Waals surface area contributed by atoms with Gasteiger partial charge in [0.2, 0.25) is 0 Å². The van der Waals surface area contributed by atoms with Crippen molar-refractivity contribution in [3.63, 3.8) is 0 Å². The zero-order valence-corrected chi connectivity index (χ0v) is 12.6. The molecule has 19 heavy (non-hydrogen) atoms. The zero-order valence-electron chi connectivity index (χ0n) is 12.6. The smallest absolute Gasteiger partial charge is 0.0947 e. The Kier molecular flexibility index (Phi) is 4.64. The molecular weight excluding hydrogens is 234 g/mol. The van der Waals surface area contributed by atoms with E-state index in [1.807, 2.05) is 30.3 Å². The summed E-state index contributed by atoms with van der Waals surface area (Å²) in [5.74, 6) is 1.26. The lowest BCUT2D eigenvalue weighted by atomic mass is 9.91. The Morgan fingerprint density at radius 2 is 1.68 bits per heavy atom. The van der Waals surface area contributed by atoms with Crippen LogP contribution in [0.3, 0.4) is 0 Å². The molecular formula is C17H27NO. The maximum atomic E-state index is 10.7. The molecule has 2 heteroatoms. The summed E-state index contributed by atoms with van der Waals surface area (Å²) in [6, 6.07) is 10.8. The van der Waals surface area contributed by atoms with Crippen LogP contribution in [0.2, 0.25) is 0 Å². The third kappa shape index (κ3) is 3.37. The summed E-state index contributed by atoms with van der Waals surface area (Å²) in [6.07, 6.45) is 2.28. The van der Waals surface area contributed by atoms with Crippen molar-refractivity contribution in [2.75, 3.05) is 7.05 Å². The Balaban J connectivity index is 2.14. The average molecular weight is 261 g/mol. The minimum absolute atomic E-state index is 0.179. The quantitative estimate of drug-likeness (QED) is 0.847. The van der Waals surface area contributed by atoms with Crippen LogP contribution in [0.5, 0.6) is 0 Å². The highest BCUT2D eigenvalue weighted by molar-refractivity contribution is 5.19. The fraction of sp³-hybridized carbons (Fsp3) is 0.647. The normalized spacial score (nSPS) is 20.6. The van der Waals surface area contributed by atoms with Crippen LogP contribution in [0.4, 0.5) is 0 Å². The van der Waals surface area contributed by atoms with E-state index in [2.05, 4.69) is 32.7 Å². The van der Waals surface area contributed by atoms with Gasteiger partial charge in [0.25, 0.3) is 0 Å². The third-order valence-corrected chi connectivity index (χ3v) is 4.56. The molecule has 2 rings (SSSR count). The van der Waals surface area contributed by atoms with Crippen molar-refractivity contribution < 1.29 is 5.11 Å². The molecule has 1 fully saturated rings. The predicted octanol–water partition coefficient (Wildman–Crippen LogP) is 3.47. The van der Waals surface area contributed by atoms with Crippen LogP contribution in [-0.2, 0) is 0 Å². The standard InChI is InChI=1S/C17H27NO/c1-12(2)16(18(4)13(3)14-10-11-14)17(19)15-8-6-5-7-9-15/h5-9,12-14,16-17,19H,10-11H2,1-4H3. The molecule has 1 N–H and O–H groups in total. The van der Waals surface area contributed by atoms with Crippen molar-refractivity contribution in [1.29, 1.82) is 0 Å². The minimum atomic E-state index is -0.410. The largest absolute Gasteiger partial charge is 0.387 e. The van der Waals surface area contributed by atoms with Gasteiger partial charge in [0.1, 0.15) is 0 Å². The first-order valence-corrected chi connectivity index (χ1v) is 7.47.